The largest absolute Gasteiger partial charge is 0.465 e. The van der Waals surface area contributed by atoms with E-state index < -0.39 is 0 Å². The normalized spacial score (nSPS) is 14.2. The molecule has 1 aromatic carbocycles. The highest BCUT2D eigenvalue weighted by Crippen LogP contribution is 2.20. The molecule has 8 heteroatoms. The Kier molecular flexibility index (Phi) is 5.65. The molecule has 26 heavy (non-hydrogen) atoms. The monoisotopic (exact) mass is 357 g/mol. The number of anilines is 2. The van der Waals surface area contributed by atoms with Crippen molar-refractivity contribution in [2.75, 3.05) is 37.9 Å². The van der Waals surface area contributed by atoms with E-state index >= 15 is 0 Å². The third-order valence-electron chi connectivity index (χ3n) is 4.33. The second kappa shape index (κ2) is 8.11. The van der Waals surface area contributed by atoms with Crippen molar-refractivity contribution >= 4 is 17.7 Å². The van der Waals surface area contributed by atoms with Gasteiger partial charge in [0.25, 0.3) is 0 Å². The molecule has 0 saturated carbocycles. The minimum Gasteiger partial charge on any atom is -0.465 e. The SMILES string of the molecule is CNC1CN(c2cc(COCc3ccccc3C(=O)OC)nc(N)n2)C1. The highest BCUT2D eigenvalue weighted by atomic mass is 16.5. The fraction of sp³-hybridized carbons (Fsp3) is 0.389. The van der Waals surface area contributed by atoms with Crippen LogP contribution in [0.1, 0.15) is 21.6 Å². The van der Waals surface area contributed by atoms with Crippen molar-refractivity contribution in [1.29, 1.82) is 0 Å². The van der Waals surface area contributed by atoms with Crippen LogP contribution in [0, 0.1) is 0 Å². The average Bonchev–Trinajstić information content (AvgIpc) is 2.60. The smallest absolute Gasteiger partial charge is 0.338 e. The first-order valence-corrected chi connectivity index (χ1v) is 8.40. The minimum absolute atomic E-state index is 0.226. The van der Waals surface area contributed by atoms with Gasteiger partial charge in [0.2, 0.25) is 5.95 Å². The molecule has 0 amide bonds. The van der Waals surface area contributed by atoms with Crippen LogP contribution in [0.25, 0.3) is 0 Å². The fourth-order valence-electron chi connectivity index (χ4n) is 2.81. The van der Waals surface area contributed by atoms with Crippen LogP contribution < -0.4 is 16.0 Å². The second-order valence-corrected chi connectivity index (χ2v) is 6.11. The molecule has 8 nitrogen and oxygen atoms in total. The van der Waals surface area contributed by atoms with E-state index in [1.54, 1.807) is 12.1 Å². The molecule has 1 aromatic heterocycles. The number of carbonyl (C=O) groups is 1. The molecule has 1 aliphatic heterocycles. The van der Waals surface area contributed by atoms with Crippen LogP contribution in [-0.2, 0) is 22.7 Å². The lowest BCUT2D eigenvalue weighted by molar-refractivity contribution is 0.0589. The van der Waals surface area contributed by atoms with Gasteiger partial charge in [-0.25, -0.2) is 9.78 Å². The Balaban J connectivity index is 1.62. The number of nitrogens with zero attached hydrogens (tertiary/aromatic N) is 3. The number of hydrogen-bond acceptors (Lipinski definition) is 8. The molecule has 2 aromatic rings. The van der Waals surface area contributed by atoms with Crippen LogP contribution in [-0.4, -0.2) is 49.2 Å². The Morgan fingerprint density at radius 2 is 2.08 bits per heavy atom. The molecule has 0 aliphatic carbocycles. The van der Waals surface area contributed by atoms with Gasteiger partial charge in [0.1, 0.15) is 5.82 Å². The third-order valence-corrected chi connectivity index (χ3v) is 4.33. The Morgan fingerprint density at radius 1 is 1.31 bits per heavy atom. The molecule has 1 aliphatic rings. The number of nitrogens with two attached hydrogens (primary N) is 1. The number of likely N-dealkylation sites (N-methyl/N-ethyl adjacent to an activating group) is 1. The van der Waals surface area contributed by atoms with E-state index in [0.717, 1.165) is 24.5 Å². The quantitative estimate of drug-likeness (QED) is 0.707. The van der Waals surface area contributed by atoms with E-state index in [-0.39, 0.29) is 25.1 Å². The summed E-state index contributed by atoms with van der Waals surface area (Å²) in [5.41, 5.74) is 7.79. The number of nitrogens with one attached hydrogen (secondary N) is 1. The zero-order valence-corrected chi connectivity index (χ0v) is 14.9. The summed E-state index contributed by atoms with van der Waals surface area (Å²) in [6.07, 6.45) is 0. The molecular weight excluding hydrogens is 334 g/mol. The van der Waals surface area contributed by atoms with Crippen LogP contribution in [0.15, 0.2) is 30.3 Å². The molecule has 3 rings (SSSR count). The summed E-state index contributed by atoms with van der Waals surface area (Å²) in [6, 6.07) is 9.55. The van der Waals surface area contributed by atoms with E-state index in [4.69, 9.17) is 15.2 Å². The van der Waals surface area contributed by atoms with Gasteiger partial charge in [0.15, 0.2) is 0 Å². The lowest BCUT2D eigenvalue weighted by Gasteiger charge is -2.40. The van der Waals surface area contributed by atoms with Gasteiger partial charge in [-0.15, -0.1) is 0 Å². The molecule has 2 heterocycles. The number of carbonyl (C=O) groups excluding carboxylic acids is 1. The first-order valence-electron chi connectivity index (χ1n) is 8.40. The van der Waals surface area contributed by atoms with Gasteiger partial charge in [0.05, 0.1) is 31.6 Å². The van der Waals surface area contributed by atoms with Gasteiger partial charge in [-0.05, 0) is 18.7 Å². The third kappa shape index (κ3) is 4.09. The molecule has 0 spiro atoms. The Morgan fingerprint density at radius 3 is 2.81 bits per heavy atom. The molecular formula is C18H23N5O3. The van der Waals surface area contributed by atoms with Crippen molar-refractivity contribution in [3.8, 4) is 0 Å². The summed E-state index contributed by atoms with van der Waals surface area (Å²) in [5, 5.41) is 3.22. The van der Waals surface area contributed by atoms with E-state index in [1.165, 1.54) is 7.11 Å². The predicted molar refractivity (Wildman–Crippen MR) is 97.8 cm³/mol. The Bertz CT molecular complexity index is 777. The maximum Gasteiger partial charge on any atom is 0.338 e. The summed E-state index contributed by atoms with van der Waals surface area (Å²) in [6.45, 7) is 2.33. The standard InChI is InChI=1S/C18H23N5O3/c1-20-14-8-23(9-14)16-7-13(21-18(19)22-16)11-26-10-12-5-3-4-6-15(12)17(24)25-2/h3-7,14,20H,8-11H2,1-2H3,(H2,19,21,22). The van der Waals surface area contributed by atoms with Gasteiger partial charge in [-0.2, -0.15) is 4.98 Å². The number of esters is 1. The fourth-order valence-corrected chi connectivity index (χ4v) is 2.81. The number of nitrogen functional groups attached to an aromatic ring is 1. The van der Waals surface area contributed by atoms with E-state index in [0.29, 0.717) is 17.3 Å². The lowest BCUT2D eigenvalue weighted by Crippen LogP contribution is -2.57. The van der Waals surface area contributed by atoms with Crippen LogP contribution in [0.4, 0.5) is 11.8 Å². The summed E-state index contributed by atoms with van der Waals surface area (Å²) in [4.78, 5) is 22.4. The van der Waals surface area contributed by atoms with Gasteiger partial charge < -0.3 is 25.4 Å². The van der Waals surface area contributed by atoms with Crippen molar-refractivity contribution in [3.63, 3.8) is 0 Å². The zero-order chi connectivity index (χ0) is 18.5. The van der Waals surface area contributed by atoms with Crippen molar-refractivity contribution in [3.05, 3.63) is 47.2 Å². The van der Waals surface area contributed by atoms with Gasteiger partial charge in [-0.1, -0.05) is 18.2 Å². The predicted octanol–water partition coefficient (Wildman–Crippen LogP) is 0.970. The molecule has 138 valence electrons. The number of ether oxygens (including phenoxy) is 2. The molecule has 0 unspecified atom stereocenters. The summed E-state index contributed by atoms with van der Waals surface area (Å²) < 4.78 is 10.5. The van der Waals surface area contributed by atoms with Gasteiger partial charge in [-0.3, -0.25) is 0 Å². The highest BCUT2D eigenvalue weighted by Gasteiger charge is 2.26. The average molecular weight is 357 g/mol. The number of benzene rings is 1. The molecule has 1 fully saturated rings. The maximum atomic E-state index is 11.8. The Hall–Kier alpha value is -2.71. The topological polar surface area (TPSA) is 103 Å². The number of methoxy groups -OCH3 is 1. The van der Waals surface area contributed by atoms with Crippen LogP contribution >= 0.6 is 0 Å². The van der Waals surface area contributed by atoms with Crippen LogP contribution in [0.5, 0.6) is 0 Å². The first kappa shape index (κ1) is 18.1. The highest BCUT2D eigenvalue weighted by molar-refractivity contribution is 5.90. The summed E-state index contributed by atoms with van der Waals surface area (Å²) >= 11 is 0. The second-order valence-electron chi connectivity index (χ2n) is 6.11. The molecule has 1 saturated heterocycles. The Labute approximate surface area is 152 Å². The minimum atomic E-state index is -0.380. The van der Waals surface area contributed by atoms with Gasteiger partial charge >= 0.3 is 5.97 Å². The van der Waals surface area contributed by atoms with Crippen LogP contribution in [0.2, 0.25) is 0 Å². The zero-order valence-electron chi connectivity index (χ0n) is 14.9. The number of hydrogen-bond donors (Lipinski definition) is 2. The van der Waals surface area contributed by atoms with Crippen molar-refractivity contribution in [2.24, 2.45) is 0 Å². The van der Waals surface area contributed by atoms with Gasteiger partial charge in [0, 0.05) is 25.2 Å². The number of rotatable bonds is 7. The number of aromatic nitrogens is 2. The summed E-state index contributed by atoms with van der Waals surface area (Å²) in [5.74, 6) is 0.649. The maximum absolute atomic E-state index is 11.8. The van der Waals surface area contributed by atoms with Crippen molar-refractivity contribution in [1.82, 2.24) is 15.3 Å². The van der Waals surface area contributed by atoms with Crippen molar-refractivity contribution in [2.45, 2.75) is 19.3 Å². The van der Waals surface area contributed by atoms with Crippen LogP contribution in [0.3, 0.4) is 0 Å². The molecule has 3 N–H and O–H groups in total. The molecule has 0 radical (unpaired) electrons. The van der Waals surface area contributed by atoms with E-state index in [1.807, 2.05) is 25.2 Å². The molecule has 0 bridgehead atoms. The van der Waals surface area contributed by atoms with E-state index in [2.05, 4.69) is 20.2 Å². The van der Waals surface area contributed by atoms with E-state index in [9.17, 15) is 4.79 Å². The van der Waals surface area contributed by atoms with Crippen molar-refractivity contribution < 1.29 is 14.3 Å². The summed E-state index contributed by atoms with van der Waals surface area (Å²) in [7, 11) is 3.31. The lowest BCUT2D eigenvalue weighted by atomic mass is 10.1. The first-order chi connectivity index (χ1) is 12.6. The molecule has 0 atom stereocenters.